The lowest BCUT2D eigenvalue weighted by molar-refractivity contribution is 0.112. The van der Waals surface area contributed by atoms with Crippen LogP contribution in [0.1, 0.15) is 21.5 Å². The number of hydrogen-bond acceptors (Lipinski definition) is 2. The summed E-state index contributed by atoms with van der Waals surface area (Å²) in [6.07, 6.45) is 0.772. The molecule has 13 heavy (non-hydrogen) atoms. The zero-order chi connectivity index (χ0) is 9.68. The molecule has 0 amide bonds. The van der Waals surface area contributed by atoms with Gasteiger partial charge in [0.25, 0.3) is 0 Å². The molecule has 0 spiro atoms. The van der Waals surface area contributed by atoms with Crippen molar-refractivity contribution in [2.75, 3.05) is 6.61 Å². The van der Waals surface area contributed by atoms with E-state index in [4.69, 9.17) is 5.11 Å². The Morgan fingerprint density at radius 1 is 1.54 bits per heavy atom. The van der Waals surface area contributed by atoms with Gasteiger partial charge in [-0.1, -0.05) is 23.5 Å². The fraction of sp³-hybridized carbons (Fsp3) is 0.182. The number of aldehydes is 1. The molecule has 1 aromatic rings. The van der Waals surface area contributed by atoms with Crippen LogP contribution >= 0.6 is 0 Å². The summed E-state index contributed by atoms with van der Waals surface area (Å²) in [7, 11) is 0. The van der Waals surface area contributed by atoms with Crippen LogP contribution in [-0.2, 0) is 0 Å². The van der Waals surface area contributed by atoms with Gasteiger partial charge in [0.05, 0.1) is 0 Å². The molecule has 0 aliphatic carbocycles. The Hall–Kier alpha value is -1.59. The monoisotopic (exact) mass is 174 g/mol. The molecule has 0 heterocycles. The SMILES string of the molecule is Cc1ccc(C#CCO)c(C=O)c1. The molecule has 0 fully saturated rings. The largest absolute Gasteiger partial charge is 0.384 e. The van der Waals surface area contributed by atoms with Crippen molar-refractivity contribution in [3.05, 3.63) is 34.9 Å². The molecule has 2 heteroatoms. The Bertz CT molecular complexity index is 369. The summed E-state index contributed by atoms with van der Waals surface area (Å²) in [5, 5.41) is 8.48. The minimum atomic E-state index is -0.188. The molecule has 2 nitrogen and oxygen atoms in total. The lowest BCUT2D eigenvalue weighted by Crippen LogP contribution is -1.88. The minimum absolute atomic E-state index is 0.188. The van der Waals surface area contributed by atoms with Crippen molar-refractivity contribution in [1.82, 2.24) is 0 Å². The molecule has 0 aliphatic rings. The highest BCUT2D eigenvalue weighted by molar-refractivity contribution is 5.79. The first-order valence-corrected chi connectivity index (χ1v) is 3.93. The van der Waals surface area contributed by atoms with Gasteiger partial charge in [-0.2, -0.15) is 0 Å². The van der Waals surface area contributed by atoms with E-state index in [0.29, 0.717) is 11.1 Å². The maximum Gasteiger partial charge on any atom is 0.151 e. The molecule has 0 saturated carbocycles. The number of hydrogen-bond donors (Lipinski definition) is 1. The standard InChI is InChI=1S/C11H10O2/c1-9-4-5-10(3-2-6-12)11(7-9)8-13/h4-5,7-8,12H,6H2,1H3. The first-order valence-electron chi connectivity index (χ1n) is 3.93. The third kappa shape index (κ3) is 2.43. The number of aliphatic hydroxyl groups excluding tert-OH is 1. The van der Waals surface area contributed by atoms with Crippen LogP contribution in [0.5, 0.6) is 0 Å². The van der Waals surface area contributed by atoms with Crippen molar-refractivity contribution in [3.63, 3.8) is 0 Å². The molecule has 1 aromatic carbocycles. The van der Waals surface area contributed by atoms with E-state index in [1.165, 1.54) is 0 Å². The van der Waals surface area contributed by atoms with Gasteiger partial charge in [0.15, 0.2) is 6.29 Å². The molecule has 0 atom stereocenters. The lowest BCUT2D eigenvalue weighted by atomic mass is 10.1. The van der Waals surface area contributed by atoms with Crippen molar-refractivity contribution < 1.29 is 9.90 Å². The van der Waals surface area contributed by atoms with Crippen LogP contribution in [-0.4, -0.2) is 18.0 Å². The first-order chi connectivity index (χ1) is 6.27. The van der Waals surface area contributed by atoms with Gasteiger partial charge < -0.3 is 5.11 Å². The van der Waals surface area contributed by atoms with Gasteiger partial charge in [0, 0.05) is 11.1 Å². The Balaban J connectivity index is 3.13. The average molecular weight is 174 g/mol. The van der Waals surface area contributed by atoms with Gasteiger partial charge in [-0.05, 0) is 19.1 Å². The zero-order valence-corrected chi connectivity index (χ0v) is 7.37. The molecule has 0 aromatic heterocycles. The predicted octanol–water partition coefficient (Wildman–Crippen LogP) is 1.15. The Labute approximate surface area is 77.2 Å². The molecule has 0 radical (unpaired) electrons. The summed E-state index contributed by atoms with van der Waals surface area (Å²) in [6, 6.07) is 5.44. The summed E-state index contributed by atoms with van der Waals surface area (Å²) >= 11 is 0. The van der Waals surface area contributed by atoms with Gasteiger partial charge >= 0.3 is 0 Å². The van der Waals surface area contributed by atoms with Crippen LogP contribution in [0.3, 0.4) is 0 Å². The lowest BCUT2D eigenvalue weighted by Gasteiger charge is -1.97. The van der Waals surface area contributed by atoms with E-state index >= 15 is 0 Å². The summed E-state index contributed by atoms with van der Waals surface area (Å²) < 4.78 is 0. The number of aryl methyl sites for hydroxylation is 1. The van der Waals surface area contributed by atoms with Crippen LogP contribution in [0.15, 0.2) is 18.2 Å². The van der Waals surface area contributed by atoms with E-state index in [1.807, 2.05) is 13.0 Å². The summed E-state index contributed by atoms with van der Waals surface area (Å²) in [4.78, 5) is 10.6. The second-order valence-corrected chi connectivity index (χ2v) is 2.67. The average Bonchev–Trinajstić information content (AvgIpc) is 2.16. The topological polar surface area (TPSA) is 37.3 Å². The number of carbonyl (C=O) groups excluding carboxylic acids is 1. The summed E-state index contributed by atoms with van der Waals surface area (Å²) in [6.45, 7) is 1.72. The predicted molar refractivity (Wildman–Crippen MR) is 50.5 cm³/mol. The van der Waals surface area contributed by atoms with E-state index in [9.17, 15) is 4.79 Å². The van der Waals surface area contributed by atoms with Crippen LogP contribution in [0.4, 0.5) is 0 Å². The number of rotatable bonds is 1. The highest BCUT2D eigenvalue weighted by atomic mass is 16.2. The maximum atomic E-state index is 10.6. The molecule has 0 bridgehead atoms. The summed E-state index contributed by atoms with van der Waals surface area (Å²) in [5.74, 6) is 5.22. The highest BCUT2D eigenvalue weighted by Gasteiger charge is 1.97. The summed E-state index contributed by atoms with van der Waals surface area (Å²) in [5.41, 5.74) is 2.26. The van der Waals surface area contributed by atoms with Gasteiger partial charge in [-0.15, -0.1) is 0 Å². The van der Waals surface area contributed by atoms with Crippen LogP contribution in [0.2, 0.25) is 0 Å². The van der Waals surface area contributed by atoms with Crippen molar-refractivity contribution >= 4 is 6.29 Å². The highest BCUT2D eigenvalue weighted by Crippen LogP contribution is 2.07. The first kappa shape index (κ1) is 9.50. The number of carbonyl (C=O) groups is 1. The fourth-order valence-electron chi connectivity index (χ4n) is 1.03. The van der Waals surface area contributed by atoms with E-state index in [2.05, 4.69) is 11.8 Å². The van der Waals surface area contributed by atoms with Crippen LogP contribution in [0.25, 0.3) is 0 Å². The molecular formula is C11H10O2. The zero-order valence-electron chi connectivity index (χ0n) is 7.37. The van der Waals surface area contributed by atoms with E-state index in [0.717, 1.165) is 11.8 Å². The van der Waals surface area contributed by atoms with Crippen LogP contribution < -0.4 is 0 Å². The normalized spacial score (nSPS) is 8.77. The fourth-order valence-corrected chi connectivity index (χ4v) is 1.03. The second-order valence-electron chi connectivity index (χ2n) is 2.67. The third-order valence-electron chi connectivity index (χ3n) is 1.64. The Morgan fingerprint density at radius 2 is 2.31 bits per heavy atom. The molecule has 1 rings (SSSR count). The second kappa shape index (κ2) is 4.44. The number of benzene rings is 1. The Morgan fingerprint density at radius 3 is 2.92 bits per heavy atom. The van der Waals surface area contributed by atoms with E-state index < -0.39 is 0 Å². The molecule has 0 saturated heterocycles. The maximum absolute atomic E-state index is 10.6. The van der Waals surface area contributed by atoms with Crippen LogP contribution in [0, 0.1) is 18.8 Å². The minimum Gasteiger partial charge on any atom is -0.384 e. The smallest absolute Gasteiger partial charge is 0.151 e. The van der Waals surface area contributed by atoms with E-state index in [1.54, 1.807) is 12.1 Å². The van der Waals surface area contributed by atoms with Crippen molar-refractivity contribution in [2.24, 2.45) is 0 Å². The van der Waals surface area contributed by atoms with Gasteiger partial charge in [-0.25, -0.2) is 0 Å². The molecule has 66 valence electrons. The molecule has 0 aliphatic heterocycles. The van der Waals surface area contributed by atoms with Gasteiger partial charge in [0.2, 0.25) is 0 Å². The molecule has 0 unspecified atom stereocenters. The molecular weight excluding hydrogens is 164 g/mol. The third-order valence-corrected chi connectivity index (χ3v) is 1.64. The van der Waals surface area contributed by atoms with Gasteiger partial charge in [-0.3, -0.25) is 4.79 Å². The van der Waals surface area contributed by atoms with Crippen molar-refractivity contribution in [3.8, 4) is 11.8 Å². The number of aliphatic hydroxyl groups is 1. The molecule has 1 N–H and O–H groups in total. The quantitative estimate of drug-likeness (QED) is 0.512. The van der Waals surface area contributed by atoms with Gasteiger partial charge in [0.1, 0.15) is 6.61 Å². The Kier molecular flexibility index (Phi) is 3.24. The van der Waals surface area contributed by atoms with Crippen molar-refractivity contribution in [1.29, 1.82) is 0 Å². The van der Waals surface area contributed by atoms with E-state index in [-0.39, 0.29) is 6.61 Å². The van der Waals surface area contributed by atoms with Crippen molar-refractivity contribution in [2.45, 2.75) is 6.92 Å².